The number of β-amino-alcohol motifs (C(OH)–C–C–N with tert-alkyl or cyclic N) is 1. The van der Waals surface area contributed by atoms with Crippen LogP contribution in [0, 0.1) is 0 Å². The maximum Gasteiger partial charge on any atom is 0.258 e. The Morgan fingerprint density at radius 2 is 2.12 bits per heavy atom. The summed E-state index contributed by atoms with van der Waals surface area (Å²) in [5, 5.41) is 16.8. The maximum absolute atomic E-state index is 12.5. The van der Waals surface area contributed by atoms with Crippen LogP contribution in [0.15, 0.2) is 42.5 Å². The molecule has 2 heterocycles. The summed E-state index contributed by atoms with van der Waals surface area (Å²) < 4.78 is 9.34. The van der Waals surface area contributed by atoms with E-state index >= 15 is 0 Å². The van der Waals surface area contributed by atoms with Crippen molar-refractivity contribution < 1.29 is 14.6 Å². The Balaban J connectivity index is 1.26. The van der Waals surface area contributed by atoms with Gasteiger partial charge in [-0.3, -0.25) is 9.69 Å². The minimum absolute atomic E-state index is 0.0698. The molecule has 2 aromatic carbocycles. The standard InChI is InChI=1S/C26H36N4O3S/c1-34-29-23-9-4-10-24(26(23)20-8-5-12-27-14-20)33-18-25(32)28-15-22(31)17-30-13-11-19-6-2-3-7-21(19)16-30/h2-4,6-7,9-10,20,22,27,29,31H,5,8,11-18H2,1H3,(H,28,32). The van der Waals surface area contributed by atoms with Crippen molar-refractivity contribution in [3.8, 4) is 5.75 Å². The van der Waals surface area contributed by atoms with Gasteiger partial charge < -0.3 is 25.2 Å². The Kier molecular flexibility index (Phi) is 9.10. The maximum atomic E-state index is 12.5. The Hall–Kier alpha value is -2.26. The van der Waals surface area contributed by atoms with Gasteiger partial charge in [-0.1, -0.05) is 42.3 Å². The summed E-state index contributed by atoms with van der Waals surface area (Å²) in [6.45, 7) is 4.39. The fraction of sp³-hybridized carbons (Fsp3) is 0.500. The van der Waals surface area contributed by atoms with Gasteiger partial charge in [0.15, 0.2) is 6.61 Å². The third-order valence-electron chi connectivity index (χ3n) is 6.56. The third-order valence-corrected chi connectivity index (χ3v) is 6.98. The van der Waals surface area contributed by atoms with E-state index in [1.54, 1.807) is 11.9 Å². The van der Waals surface area contributed by atoms with E-state index in [0.29, 0.717) is 12.5 Å². The lowest BCUT2D eigenvalue weighted by Gasteiger charge is -2.30. The lowest BCUT2D eigenvalue weighted by Crippen LogP contribution is -2.42. The van der Waals surface area contributed by atoms with Crippen molar-refractivity contribution >= 4 is 23.5 Å². The van der Waals surface area contributed by atoms with Gasteiger partial charge in [-0.15, -0.1) is 0 Å². The molecule has 0 aromatic heterocycles. The van der Waals surface area contributed by atoms with Gasteiger partial charge in [0.25, 0.3) is 5.91 Å². The van der Waals surface area contributed by atoms with Crippen molar-refractivity contribution in [1.29, 1.82) is 0 Å². The number of benzene rings is 2. The van der Waals surface area contributed by atoms with Crippen molar-refractivity contribution in [2.24, 2.45) is 0 Å². The number of hydrogen-bond donors (Lipinski definition) is 4. The van der Waals surface area contributed by atoms with E-state index in [4.69, 9.17) is 4.74 Å². The molecule has 7 nitrogen and oxygen atoms in total. The van der Waals surface area contributed by atoms with Crippen LogP contribution in [0.1, 0.15) is 35.4 Å². The molecule has 4 N–H and O–H groups in total. The fourth-order valence-corrected chi connectivity index (χ4v) is 5.28. The monoisotopic (exact) mass is 484 g/mol. The predicted octanol–water partition coefficient (Wildman–Crippen LogP) is 2.76. The van der Waals surface area contributed by atoms with E-state index in [2.05, 4.69) is 50.6 Å². The van der Waals surface area contributed by atoms with Gasteiger partial charge in [0.05, 0.1) is 11.8 Å². The van der Waals surface area contributed by atoms with E-state index in [1.165, 1.54) is 11.1 Å². The second-order valence-corrected chi connectivity index (χ2v) is 9.68. The molecule has 2 aliphatic heterocycles. The summed E-state index contributed by atoms with van der Waals surface area (Å²) >= 11 is 1.55. The first-order valence-corrected chi connectivity index (χ1v) is 13.4. The highest BCUT2D eigenvalue weighted by Gasteiger charge is 2.23. The number of nitrogens with zero attached hydrogens (tertiary/aromatic N) is 1. The van der Waals surface area contributed by atoms with Crippen LogP contribution >= 0.6 is 11.9 Å². The molecule has 0 spiro atoms. The number of carbonyl (C=O) groups excluding carboxylic acids is 1. The molecule has 0 aliphatic carbocycles. The fourth-order valence-electron chi connectivity index (χ4n) is 4.89. The van der Waals surface area contributed by atoms with Crippen molar-refractivity contribution in [2.75, 3.05) is 50.3 Å². The van der Waals surface area contributed by atoms with Crippen molar-refractivity contribution in [3.63, 3.8) is 0 Å². The Morgan fingerprint density at radius 1 is 1.26 bits per heavy atom. The molecule has 2 aliphatic rings. The van der Waals surface area contributed by atoms with Gasteiger partial charge in [-0.2, -0.15) is 0 Å². The highest BCUT2D eigenvalue weighted by atomic mass is 32.2. The lowest BCUT2D eigenvalue weighted by atomic mass is 9.90. The Morgan fingerprint density at radius 3 is 2.91 bits per heavy atom. The zero-order valence-corrected chi connectivity index (χ0v) is 20.7. The molecular formula is C26H36N4O3S. The van der Waals surface area contributed by atoms with Crippen LogP contribution < -0.4 is 20.1 Å². The molecule has 4 rings (SSSR count). The number of nitrogens with one attached hydrogen (secondary N) is 3. The van der Waals surface area contributed by atoms with Gasteiger partial charge in [0.2, 0.25) is 0 Å². The van der Waals surface area contributed by atoms with Crippen LogP contribution in [0.4, 0.5) is 5.69 Å². The molecular weight excluding hydrogens is 448 g/mol. The number of aliphatic hydroxyl groups is 1. The van der Waals surface area contributed by atoms with Crippen molar-refractivity contribution in [1.82, 2.24) is 15.5 Å². The second-order valence-electron chi connectivity index (χ2n) is 9.07. The number of carbonyl (C=O) groups is 1. The molecule has 2 atom stereocenters. The van der Waals surface area contributed by atoms with E-state index in [9.17, 15) is 9.90 Å². The molecule has 0 bridgehead atoms. The van der Waals surface area contributed by atoms with Gasteiger partial charge in [0.1, 0.15) is 5.75 Å². The lowest BCUT2D eigenvalue weighted by molar-refractivity contribution is -0.123. The van der Waals surface area contributed by atoms with Crippen LogP contribution in [-0.2, 0) is 17.8 Å². The van der Waals surface area contributed by atoms with Gasteiger partial charge in [-0.25, -0.2) is 0 Å². The van der Waals surface area contributed by atoms with E-state index < -0.39 is 6.10 Å². The van der Waals surface area contributed by atoms with E-state index in [1.807, 2.05) is 18.4 Å². The molecule has 1 saturated heterocycles. The van der Waals surface area contributed by atoms with Crippen LogP contribution in [-0.4, -0.2) is 67.6 Å². The zero-order chi connectivity index (χ0) is 23.8. The van der Waals surface area contributed by atoms with Gasteiger partial charge in [0, 0.05) is 50.5 Å². The first-order chi connectivity index (χ1) is 16.6. The molecule has 2 unspecified atom stereocenters. The minimum atomic E-state index is -0.618. The van der Waals surface area contributed by atoms with Crippen molar-refractivity contribution in [3.05, 3.63) is 59.2 Å². The second kappa shape index (κ2) is 12.4. The highest BCUT2D eigenvalue weighted by Crippen LogP contribution is 2.37. The largest absolute Gasteiger partial charge is 0.483 e. The number of aliphatic hydroxyl groups excluding tert-OH is 1. The molecule has 0 radical (unpaired) electrons. The first kappa shape index (κ1) is 24.9. The average Bonchev–Trinajstić information content (AvgIpc) is 2.87. The van der Waals surface area contributed by atoms with Crippen LogP contribution in [0.2, 0.25) is 0 Å². The van der Waals surface area contributed by atoms with Crippen LogP contribution in [0.25, 0.3) is 0 Å². The van der Waals surface area contributed by atoms with Gasteiger partial charge >= 0.3 is 0 Å². The normalized spacial score (nSPS) is 19.2. The average molecular weight is 485 g/mol. The van der Waals surface area contributed by atoms with E-state index in [0.717, 1.165) is 62.4 Å². The number of hydrogen-bond acceptors (Lipinski definition) is 7. The Bertz CT molecular complexity index is 951. The summed E-state index contributed by atoms with van der Waals surface area (Å²) in [5.41, 5.74) is 4.87. The van der Waals surface area contributed by atoms with Gasteiger partial charge in [-0.05, 0) is 49.1 Å². The molecule has 34 heavy (non-hydrogen) atoms. The highest BCUT2D eigenvalue weighted by molar-refractivity contribution is 7.99. The summed E-state index contributed by atoms with van der Waals surface area (Å²) in [6.07, 6.45) is 4.59. The van der Waals surface area contributed by atoms with Crippen LogP contribution in [0.5, 0.6) is 5.75 Å². The SMILES string of the molecule is CSNc1cccc(OCC(=O)NCC(O)CN2CCc3ccccc3C2)c1C1CCCNC1. The first-order valence-electron chi connectivity index (χ1n) is 12.1. The summed E-state index contributed by atoms with van der Waals surface area (Å²) in [6, 6.07) is 14.4. The zero-order valence-electron chi connectivity index (χ0n) is 19.9. The Labute approximate surface area is 206 Å². The summed E-state index contributed by atoms with van der Waals surface area (Å²) in [4.78, 5) is 14.7. The number of amides is 1. The molecule has 184 valence electrons. The van der Waals surface area contributed by atoms with E-state index in [-0.39, 0.29) is 19.1 Å². The number of piperidine rings is 1. The predicted molar refractivity (Wildman–Crippen MR) is 138 cm³/mol. The smallest absolute Gasteiger partial charge is 0.258 e. The number of anilines is 1. The van der Waals surface area contributed by atoms with Crippen molar-refractivity contribution in [2.45, 2.75) is 37.8 Å². The summed E-state index contributed by atoms with van der Waals surface area (Å²) in [5.74, 6) is 0.869. The molecule has 2 aromatic rings. The molecule has 1 amide bonds. The topological polar surface area (TPSA) is 85.9 Å². The molecule has 0 saturated carbocycles. The third kappa shape index (κ3) is 6.66. The molecule has 8 heteroatoms. The minimum Gasteiger partial charge on any atom is -0.483 e. The van der Waals surface area contributed by atoms with Crippen LogP contribution in [0.3, 0.4) is 0 Å². The quantitative estimate of drug-likeness (QED) is 0.386. The number of ether oxygens (including phenoxy) is 1. The number of rotatable bonds is 10. The number of fused-ring (bicyclic) bond motifs is 1. The molecule has 1 fully saturated rings. The summed E-state index contributed by atoms with van der Waals surface area (Å²) in [7, 11) is 0.